The number of fused-ring (bicyclic) bond motifs is 1. The summed E-state index contributed by atoms with van der Waals surface area (Å²) in [4.78, 5) is 12.3. The van der Waals surface area contributed by atoms with Crippen LogP contribution in [-0.4, -0.2) is 27.2 Å². The molecule has 2 aromatic carbocycles. The van der Waals surface area contributed by atoms with Gasteiger partial charge in [-0.15, -0.1) is 0 Å². The van der Waals surface area contributed by atoms with Crippen LogP contribution in [0, 0.1) is 5.82 Å². The highest BCUT2D eigenvalue weighted by atomic mass is 79.9. The van der Waals surface area contributed by atoms with E-state index in [1.165, 1.54) is 0 Å². The summed E-state index contributed by atoms with van der Waals surface area (Å²) in [5.74, 6) is -0.638. The monoisotopic (exact) mass is 425 g/mol. The van der Waals surface area contributed by atoms with E-state index >= 15 is 0 Å². The van der Waals surface area contributed by atoms with Crippen molar-refractivity contribution in [2.24, 2.45) is 0 Å². The van der Waals surface area contributed by atoms with Gasteiger partial charge in [0.25, 0.3) is 5.91 Å². The summed E-state index contributed by atoms with van der Waals surface area (Å²) < 4.78 is 43.4. The molecule has 0 unspecified atom stereocenters. The number of nitrogens with one attached hydrogen (secondary N) is 1. The zero-order valence-corrected chi connectivity index (χ0v) is 15.4. The average molecular weight is 426 g/mol. The van der Waals surface area contributed by atoms with Crippen molar-refractivity contribution in [1.29, 1.82) is 0 Å². The summed E-state index contributed by atoms with van der Waals surface area (Å²) in [7, 11) is -3.51. The number of carbonyl (C=O) groups is 1. The van der Waals surface area contributed by atoms with Gasteiger partial charge >= 0.3 is 0 Å². The van der Waals surface area contributed by atoms with Gasteiger partial charge in [-0.1, -0.05) is 15.9 Å². The van der Waals surface area contributed by atoms with Gasteiger partial charge in [0.1, 0.15) is 18.2 Å². The first kappa shape index (κ1) is 17.6. The Kier molecular flexibility index (Phi) is 4.66. The van der Waals surface area contributed by atoms with E-state index in [1.807, 2.05) is 6.07 Å². The highest BCUT2D eigenvalue weighted by Gasteiger charge is 2.19. The van der Waals surface area contributed by atoms with Gasteiger partial charge in [0.05, 0.1) is 16.2 Å². The Morgan fingerprint density at radius 3 is 2.72 bits per heavy atom. The molecule has 25 heavy (non-hydrogen) atoms. The molecule has 1 amide bonds. The second kappa shape index (κ2) is 6.61. The van der Waals surface area contributed by atoms with E-state index < -0.39 is 21.6 Å². The summed E-state index contributed by atoms with van der Waals surface area (Å²) in [5.41, 5.74) is 0.819. The number of hydrogen-bond acceptors (Lipinski definition) is 4. The molecule has 2 aromatic rings. The third-order valence-corrected chi connectivity index (χ3v) is 5.19. The maximum absolute atomic E-state index is 13.9. The summed E-state index contributed by atoms with van der Waals surface area (Å²) in [6, 6.07) is 8.65. The first-order valence-corrected chi connectivity index (χ1v) is 9.86. The molecule has 1 aliphatic heterocycles. The normalized spacial score (nSPS) is 13.5. The molecule has 0 spiro atoms. The molecule has 8 heteroatoms. The van der Waals surface area contributed by atoms with Crippen LogP contribution in [0.1, 0.15) is 5.56 Å². The smallest absolute Gasteiger partial charge is 0.255 e. The molecule has 1 N–H and O–H groups in total. The zero-order valence-electron chi connectivity index (χ0n) is 13.0. The molecule has 1 aliphatic rings. The maximum atomic E-state index is 13.9. The minimum absolute atomic E-state index is 0.0356. The van der Waals surface area contributed by atoms with Crippen molar-refractivity contribution >= 4 is 43.4 Å². The van der Waals surface area contributed by atoms with Gasteiger partial charge in [-0.2, -0.15) is 0 Å². The lowest BCUT2D eigenvalue weighted by molar-refractivity contribution is -0.113. The van der Waals surface area contributed by atoms with Gasteiger partial charge in [-0.25, -0.2) is 12.8 Å². The fraction of sp³-hybridized carbons (Fsp3) is 0.118. The summed E-state index contributed by atoms with van der Waals surface area (Å²) in [6.45, 7) is 0.0356. The van der Waals surface area contributed by atoms with E-state index in [2.05, 4.69) is 21.2 Å². The van der Waals surface area contributed by atoms with Crippen molar-refractivity contribution in [2.75, 3.05) is 18.2 Å². The van der Waals surface area contributed by atoms with E-state index in [0.29, 0.717) is 11.3 Å². The number of anilines is 1. The van der Waals surface area contributed by atoms with Gasteiger partial charge in [0, 0.05) is 16.3 Å². The second-order valence-electron chi connectivity index (χ2n) is 5.51. The fourth-order valence-electron chi connectivity index (χ4n) is 2.31. The van der Waals surface area contributed by atoms with Crippen LogP contribution in [0.25, 0.3) is 6.08 Å². The van der Waals surface area contributed by atoms with Crippen LogP contribution < -0.4 is 10.1 Å². The van der Waals surface area contributed by atoms with Crippen LogP contribution in [-0.2, 0) is 14.6 Å². The minimum atomic E-state index is -3.51. The number of ether oxygens (including phenoxy) is 1. The molecule has 0 saturated heterocycles. The topological polar surface area (TPSA) is 72.5 Å². The van der Waals surface area contributed by atoms with Crippen molar-refractivity contribution in [3.05, 3.63) is 57.8 Å². The summed E-state index contributed by atoms with van der Waals surface area (Å²) in [6.07, 6.45) is 2.66. The standard InChI is InChI=1S/C17H13BrFNO4S/c1-25(22,23)13-3-4-14(19)15(8-13)20-17(21)11-6-10-7-12(18)2-5-16(10)24-9-11/h2-8H,9H2,1H3,(H,20,21). The van der Waals surface area contributed by atoms with Crippen molar-refractivity contribution in [3.63, 3.8) is 0 Å². The quantitative estimate of drug-likeness (QED) is 0.764. The van der Waals surface area contributed by atoms with Gasteiger partial charge in [-0.05, 0) is 42.5 Å². The number of rotatable bonds is 3. The SMILES string of the molecule is CS(=O)(=O)c1ccc(F)c(NC(=O)C2=Cc3cc(Br)ccc3OC2)c1. The van der Waals surface area contributed by atoms with Crippen LogP contribution >= 0.6 is 15.9 Å². The third kappa shape index (κ3) is 3.91. The lowest BCUT2D eigenvalue weighted by atomic mass is 10.1. The molecule has 130 valence electrons. The molecule has 0 bridgehead atoms. The largest absolute Gasteiger partial charge is 0.488 e. The highest BCUT2D eigenvalue weighted by molar-refractivity contribution is 9.10. The molecular weight excluding hydrogens is 413 g/mol. The Labute approximate surface area is 152 Å². The summed E-state index contributed by atoms with van der Waals surface area (Å²) >= 11 is 3.35. The van der Waals surface area contributed by atoms with Crippen LogP contribution in [0.5, 0.6) is 5.75 Å². The van der Waals surface area contributed by atoms with Crippen molar-refractivity contribution in [3.8, 4) is 5.75 Å². The molecule has 3 rings (SSSR count). The van der Waals surface area contributed by atoms with Crippen molar-refractivity contribution in [2.45, 2.75) is 4.90 Å². The van der Waals surface area contributed by atoms with E-state index in [-0.39, 0.29) is 17.2 Å². The highest BCUT2D eigenvalue weighted by Crippen LogP contribution is 2.29. The number of sulfone groups is 1. The van der Waals surface area contributed by atoms with E-state index in [0.717, 1.165) is 34.5 Å². The molecule has 0 saturated carbocycles. The second-order valence-corrected chi connectivity index (χ2v) is 8.44. The van der Waals surface area contributed by atoms with Crippen LogP contribution in [0.15, 0.2) is 51.3 Å². The Morgan fingerprint density at radius 2 is 2.00 bits per heavy atom. The van der Waals surface area contributed by atoms with E-state index in [1.54, 1.807) is 18.2 Å². The van der Waals surface area contributed by atoms with Crippen LogP contribution in [0.4, 0.5) is 10.1 Å². The predicted molar refractivity (Wildman–Crippen MR) is 95.8 cm³/mol. The number of carbonyl (C=O) groups excluding carboxylic acids is 1. The number of amides is 1. The maximum Gasteiger partial charge on any atom is 0.255 e. The van der Waals surface area contributed by atoms with Gasteiger partial charge < -0.3 is 10.1 Å². The van der Waals surface area contributed by atoms with Crippen molar-refractivity contribution in [1.82, 2.24) is 0 Å². The molecule has 5 nitrogen and oxygen atoms in total. The van der Waals surface area contributed by atoms with Gasteiger partial charge in [0.2, 0.25) is 0 Å². The minimum Gasteiger partial charge on any atom is -0.488 e. The third-order valence-electron chi connectivity index (χ3n) is 3.59. The molecule has 1 heterocycles. The molecule has 0 fully saturated rings. The Morgan fingerprint density at radius 1 is 1.24 bits per heavy atom. The first-order chi connectivity index (χ1) is 11.7. The Bertz CT molecular complexity index is 1000. The van der Waals surface area contributed by atoms with Gasteiger partial charge in [-0.3, -0.25) is 4.79 Å². The summed E-state index contributed by atoms with van der Waals surface area (Å²) in [5, 5.41) is 2.40. The van der Waals surface area contributed by atoms with Crippen LogP contribution in [0.2, 0.25) is 0 Å². The molecular formula is C17H13BrFNO4S. The molecule has 0 aliphatic carbocycles. The fourth-order valence-corrected chi connectivity index (χ4v) is 3.34. The predicted octanol–water partition coefficient (Wildman–Crippen LogP) is 3.41. The van der Waals surface area contributed by atoms with Crippen LogP contribution in [0.3, 0.4) is 0 Å². The zero-order chi connectivity index (χ0) is 18.2. The number of halogens is 2. The lowest BCUT2D eigenvalue weighted by Gasteiger charge is -2.18. The average Bonchev–Trinajstić information content (AvgIpc) is 2.55. The molecule has 0 aromatic heterocycles. The van der Waals surface area contributed by atoms with Crippen molar-refractivity contribution < 1.29 is 22.3 Å². The van der Waals surface area contributed by atoms with Gasteiger partial charge in [0.15, 0.2) is 9.84 Å². The molecule has 0 atom stereocenters. The van der Waals surface area contributed by atoms with E-state index in [4.69, 9.17) is 4.74 Å². The Hall–Kier alpha value is -2.19. The number of benzene rings is 2. The Balaban J connectivity index is 1.88. The molecule has 0 radical (unpaired) electrons. The first-order valence-electron chi connectivity index (χ1n) is 7.18. The van der Waals surface area contributed by atoms with E-state index in [9.17, 15) is 17.6 Å². The lowest BCUT2D eigenvalue weighted by Crippen LogP contribution is -2.22. The number of hydrogen-bond donors (Lipinski definition) is 1.